The van der Waals surface area contributed by atoms with Gasteiger partial charge in [-0.05, 0) is 19.8 Å². The van der Waals surface area contributed by atoms with Crippen molar-refractivity contribution in [2.45, 2.75) is 38.6 Å². The first kappa shape index (κ1) is 9.57. The van der Waals surface area contributed by atoms with Gasteiger partial charge >= 0.3 is 0 Å². The Hall–Kier alpha value is -1.65. The van der Waals surface area contributed by atoms with Gasteiger partial charge in [0.1, 0.15) is 5.82 Å². The Bertz CT molecular complexity index is 498. The van der Waals surface area contributed by atoms with Gasteiger partial charge in [-0.3, -0.25) is 4.40 Å². The monoisotopic (exact) mass is 217 g/mol. The molecule has 0 amide bonds. The first-order valence-corrected chi connectivity index (χ1v) is 5.77. The highest BCUT2D eigenvalue weighted by Gasteiger charge is 2.17. The Balaban J connectivity index is 1.96. The van der Waals surface area contributed by atoms with Gasteiger partial charge in [0.2, 0.25) is 5.65 Å². The average molecular weight is 217 g/mol. The maximum Gasteiger partial charge on any atom is 0.203 e. The molecular weight excluding hydrogens is 202 g/mol. The normalized spacial score (nSPS) is 17.1. The fourth-order valence-electron chi connectivity index (χ4n) is 2.31. The molecule has 5 nitrogen and oxygen atoms in total. The Morgan fingerprint density at radius 2 is 2.12 bits per heavy atom. The van der Waals surface area contributed by atoms with E-state index in [0.29, 0.717) is 6.04 Å². The summed E-state index contributed by atoms with van der Waals surface area (Å²) >= 11 is 0. The van der Waals surface area contributed by atoms with Crippen molar-refractivity contribution in [1.29, 1.82) is 0 Å². The number of hydrogen-bond acceptors (Lipinski definition) is 4. The van der Waals surface area contributed by atoms with Crippen molar-refractivity contribution in [1.82, 2.24) is 19.6 Å². The zero-order valence-electron chi connectivity index (χ0n) is 9.35. The van der Waals surface area contributed by atoms with E-state index in [-0.39, 0.29) is 0 Å². The molecule has 1 aliphatic rings. The van der Waals surface area contributed by atoms with Crippen LogP contribution < -0.4 is 5.32 Å². The molecule has 1 N–H and O–H groups in total. The average Bonchev–Trinajstić information content (AvgIpc) is 2.90. The first-order chi connectivity index (χ1) is 7.84. The highest BCUT2D eigenvalue weighted by atomic mass is 15.3. The van der Waals surface area contributed by atoms with Gasteiger partial charge in [0, 0.05) is 18.4 Å². The van der Waals surface area contributed by atoms with Crippen LogP contribution in [0.2, 0.25) is 0 Å². The van der Waals surface area contributed by atoms with Crippen LogP contribution in [0.15, 0.2) is 12.4 Å². The minimum atomic E-state index is 0.552. The molecule has 5 heteroatoms. The van der Waals surface area contributed by atoms with E-state index in [2.05, 4.69) is 20.5 Å². The largest absolute Gasteiger partial charge is 0.364 e. The third-order valence-electron chi connectivity index (χ3n) is 3.19. The number of rotatable bonds is 2. The molecule has 3 rings (SSSR count). The second-order valence-electron chi connectivity index (χ2n) is 4.34. The van der Waals surface area contributed by atoms with E-state index >= 15 is 0 Å². The van der Waals surface area contributed by atoms with Gasteiger partial charge in [-0.25, -0.2) is 4.98 Å². The predicted molar refractivity (Wildman–Crippen MR) is 61.4 cm³/mol. The molecule has 1 aliphatic carbocycles. The van der Waals surface area contributed by atoms with Crippen LogP contribution in [-0.2, 0) is 0 Å². The fraction of sp³-hybridized carbons (Fsp3) is 0.545. The lowest BCUT2D eigenvalue weighted by molar-refractivity contribution is 0.750. The van der Waals surface area contributed by atoms with Crippen molar-refractivity contribution in [2.24, 2.45) is 0 Å². The van der Waals surface area contributed by atoms with E-state index < -0.39 is 0 Å². The molecule has 0 saturated heterocycles. The molecule has 0 spiro atoms. The molecule has 0 atom stereocenters. The highest BCUT2D eigenvalue weighted by molar-refractivity contribution is 5.62. The third-order valence-corrected chi connectivity index (χ3v) is 3.19. The molecule has 0 unspecified atom stereocenters. The van der Waals surface area contributed by atoms with Crippen molar-refractivity contribution in [3.05, 3.63) is 18.2 Å². The first-order valence-electron chi connectivity index (χ1n) is 5.77. The molecule has 1 saturated carbocycles. The smallest absolute Gasteiger partial charge is 0.203 e. The number of anilines is 1. The number of fused-ring (bicyclic) bond motifs is 1. The van der Waals surface area contributed by atoms with E-state index in [1.165, 1.54) is 25.7 Å². The van der Waals surface area contributed by atoms with E-state index in [1.54, 1.807) is 6.20 Å². The molecular formula is C11H15N5. The van der Waals surface area contributed by atoms with Crippen LogP contribution in [0.3, 0.4) is 0 Å². The Kier molecular flexibility index (Phi) is 2.23. The zero-order valence-corrected chi connectivity index (χ0v) is 9.35. The summed E-state index contributed by atoms with van der Waals surface area (Å²) in [4.78, 5) is 4.35. The Labute approximate surface area is 93.9 Å². The van der Waals surface area contributed by atoms with Gasteiger partial charge in [-0.1, -0.05) is 12.8 Å². The second-order valence-corrected chi connectivity index (χ2v) is 4.34. The number of hydrogen-bond donors (Lipinski definition) is 1. The number of aryl methyl sites for hydroxylation is 1. The zero-order chi connectivity index (χ0) is 11.0. The molecule has 0 aliphatic heterocycles. The summed E-state index contributed by atoms with van der Waals surface area (Å²) in [6.45, 7) is 1.94. The van der Waals surface area contributed by atoms with Crippen molar-refractivity contribution >= 4 is 11.5 Å². The lowest BCUT2D eigenvalue weighted by Crippen LogP contribution is -2.16. The summed E-state index contributed by atoms with van der Waals surface area (Å²) in [6, 6.07) is 0.552. The summed E-state index contributed by atoms with van der Waals surface area (Å²) in [5.74, 6) is 1.75. The van der Waals surface area contributed by atoms with Gasteiger partial charge in [0.05, 0.1) is 0 Å². The summed E-state index contributed by atoms with van der Waals surface area (Å²) in [6.07, 6.45) is 8.77. The highest BCUT2D eigenvalue weighted by Crippen LogP contribution is 2.22. The SMILES string of the molecule is Cc1nnc2c(NC3CCCC3)nccn12. The van der Waals surface area contributed by atoms with Gasteiger partial charge in [-0.2, -0.15) is 0 Å². The van der Waals surface area contributed by atoms with E-state index in [9.17, 15) is 0 Å². The van der Waals surface area contributed by atoms with Gasteiger partial charge in [0.25, 0.3) is 0 Å². The van der Waals surface area contributed by atoms with Gasteiger partial charge in [0.15, 0.2) is 5.82 Å². The molecule has 84 valence electrons. The van der Waals surface area contributed by atoms with Crippen LogP contribution in [0.4, 0.5) is 5.82 Å². The van der Waals surface area contributed by atoms with Crippen molar-refractivity contribution < 1.29 is 0 Å². The molecule has 0 aromatic carbocycles. The summed E-state index contributed by atoms with van der Waals surface area (Å²) in [5, 5.41) is 11.7. The van der Waals surface area contributed by atoms with Crippen molar-refractivity contribution in [3.63, 3.8) is 0 Å². The third kappa shape index (κ3) is 1.52. The Morgan fingerprint density at radius 1 is 1.31 bits per heavy atom. The summed E-state index contributed by atoms with van der Waals surface area (Å²) < 4.78 is 1.96. The lowest BCUT2D eigenvalue weighted by atomic mass is 10.2. The lowest BCUT2D eigenvalue weighted by Gasteiger charge is -2.12. The minimum absolute atomic E-state index is 0.552. The van der Waals surface area contributed by atoms with Crippen molar-refractivity contribution in [3.8, 4) is 0 Å². The van der Waals surface area contributed by atoms with Crippen LogP contribution in [0, 0.1) is 6.92 Å². The number of aromatic nitrogens is 4. The van der Waals surface area contributed by atoms with Crippen LogP contribution in [0.5, 0.6) is 0 Å². The molecule has 2 heterocycles. The number of nitrogens with one attached hydrogen (secondary N) is 1. The summed E-state index contributed by atoms with van der Waals surface area (Å²) in [5.41, 5.74) is 0.826. The van der Waals surface area contributed by atoms with Crippen molar-refractivity contribution in [2.75, 3.05) is 5.32 Å². The topological polar surface area (TPSA) is 55.1 Å². The van der Waals surface area contributed by atoms with E-state index in [4.69, 9.17) is 0 Å². The maximum absolute atomic E-state index is 4.35. The van der Waals surface area contributed by atoms with Gasteiger partial charge in [-0.15, -0.1) is 10.2 Å². The van der Waals surface area contributed by atoms with E-state index in [0.717, 1.165) is 17.3 Å². The molecule has 2 aromatic rings. The predicted octanol–water partition coefficient (Wildman–Crippen LogP) is 1.79. The van der Waals surface area contributed by atoms with Crippen LogP contribution in [-0.4, -0.2) is 25.6 Å². The quantitative estimate of drug-likeness (QED) is 0.833. The number of nitrogens with zero attached hydrogens (tertiary/aromatic N) is 4. The molecule has 2 aromatic heterocycles. The standard InChI is InChI=1S/C11H15N5/c1-8-14-15-11-10(12-6-7-16(8)11)13-9-4-2-3-5-9/h6-7,9H,2-5H2,1H3,(H,12,13). The minimum Gasteiger partial charge on any atom is -0.364 e. The molecule has 0 radical (unpaired) electrons. The fourth-order valence-corrected chi connectivity index (χ4v) is 2.31. The molecule has 16 heavy (non-hydrogen) atoms. The second kappa shape index (κ2) is 3.73. The van der Waals surface area contributed by atoms with Crippen LogP contribution >= 0.6 is 0 Å². The van der Waals surface area contributed by atoms with Crippen LogP contribution in [0.25, 0.3) is 5.65 Å². The molecule has 1 fully saturated rings. The van der Waals surface area contributed by atoms with Crippen LogP contribution in [0.1, 0.15) is 31.5 Å². The molecule has 0 bridgehead atoms. The Morgan fingerprint density at radius 3 is 2.94 bits per heavy atom. The van der Waals surface area contributed by atoms with Gasteiger partial charge < -0.3 is 5.32 Å². The summed E-state index contributed by atoms with van der Waals surface area (Å²) in [7, 11) is 0. The maximum atomic E-state index is 4.35. The van der Waals surface area contributed by atoms with E-state index in [1.807, 2.05) is 17.5 Å².